The number of thiazole rings is 1. The van der Waals surface area contributed by atoms with Crippen LogP contribution in [0.5, 0.6) is 0 Å². The van der Waals surface area contributed by atoms with E-state index in [2.05, 4.69) is 38.0 Å². The molecule has 1 heterocycles. The first kappa shape index (κ1) is 13.5. The van der Waals surface area contributed by atoms with Gasteiger partial charge < -0.3 is 11.1 Å². The van der Waals surface area contributed by atoms with Gasteiger partial charge in [0, 0.05) is 18.3 Å². The number of nitrogens with two attached hydrogens (primary N) is 1. The largest absolute Gasteiger partial charge is 0.375 e. The van der Waals surface area contributed by atoms with E-state index in [-0.39, 0.29) is 0 Å². The molecule has 92 valence electrons. The number of rotatable bonds is 5. The van der Waals surface area contributed by atoms with Crippen molar-refractivity contribution in [1.29, 1.82) is 0 Å². The Morgan fingerprint density at radius 3 is 2.69 bits per heavy atom. The summed E-state index contributed by atoms with van der Waals surface area (Å²) in [6.45, 7) is 11.2. The fourth-order valence-electron chi connectivity index (χ4n) is 1.28. The Bertz CT molecular complexity index is 314. The van der Waals surface area contributed by atoms with Gasteiger partial charge in [-0.1, -0.05) is 27.7 Å². The van der Waals surface area contributed by atoms with Crippen molar-refractivity contribution in [3.63, 3.8) is 0 Å². The van der Waals surface area contributed by atoms with E-state index in [1.54, 1.807) is 0 Å². The van der Waals surface area contributed by atoms with Crippen LogP contribution in [0.25, 0.3) is 0 Å². The van der Waals surface area contributed by atoms with Crippen molar-refractivity contribution in [3.8, 4) is 0 Å². The molecule has 1 rings (SSSR count). The van der Waals surface area contributed by atoms with Gasteiger partial charge in [-0.3, -0.25) is 0 Å². The molecule has 0 amide bonds. The maximum Gasteiger partial charge on any atom is 0.180 e. The average molecular weight is 241 g/mol. The molecular weight excluding hydrogens is 218 g/mol. The van der Waals surface area contributed by atoms with Crippen molar-refractivity contribution >= 4 is 16.5 Å². The van der Waals surface area contributed by atoms with Gasteiger partial charge in [0.15, 0.2) is 5.13 Å². The van der Waals surface area contributed by atoms with E-state index in [0.29, 0.717) is 16.5 Å². The zero-order valence-corrected chi connectivity index (χ0v) is 11.5. The summed E-state index contributed by atoms with van der Waals surface area (Å²) in [5.41, 5.74) is 7.04. The van der Waals surface area contributed by atoms with Crippen molar-refractivity contribution in [2.75, 3.05) is 18.8 Å². The Morgan fingerprint density at radius 2 is 2.19 bits per heavy atom. The minimum atomic E-state index is 0.373. The summed E-state index contributed by atoms with van der Waals surface area (Å²) in [5, 5.41) is 6.17. The summed E-state index contributed by atoms with van der Waals surface area (Å²) in [6.07, 6.45) is 0.963. The molecule has 0 saturated heterocycles. The molecule has 3 N–H and O–H groups in total. The number of nitrogens with zero attached hydrogens (tertiary/aromatic N) is 1. The highest BCUT2D eigenvalue weighted by Gasteiger charge is 2.18. The molecule has 1 unspecified atom stereocenters. The number of nitrogens with one attached hydrogen (secondary N) is 1. The van der Waals surface area contributed by atoms with Crippen LogP contribution >= 0.6 is 11.3 Å². The van der Waals surface area contributed by atoms with E-state index < -0.39 is 0 Å². The molecule has 1 atom stereocenters. The van der Waals surface area contributed by atoms with Gasteiger partial charge in [-0.15, -0.1) is 11.3 Å². The lowest BCUT2D eigenvalue weighted by atomic mass is 9.82. The molecule has 0 aliphatic rings. The fraction of sp³-hybridized carbons (Fsp3) is 0.750. The normalized spacial score (nSPS) is 14.0. The van der Waals surface area contributed by atoms with Crippen LogP contribution in [0.2, 0.25) is 0 Å². The molecule has 1 aromatic heterocycles. The maximum atomic E-state index is 5.58. The molecule has 0 bridgehead atoms. The van der Waals surface area contributed by atoms with Crippen LogP contribution in [0.4, 0.5) is 5.13 Å². The van der Waals surface area contributed by atoms with Gasteiger partial charge in [0.25, 0.3) is 0 Å². The van der Waals surface area contributed by atoms with Gasteiger partial charge in [-0.2, -0.15) is 0 Å². The first-order valence-corrected chi connectivity index (χ1v) is 6.68. The summed E-state index contributed by atoms with van der Waals surface area (Å²) < 4.78 is 0. The molecule has 3 nitrogen and oxygen atoms in total. The summed E-state index contributed by atoms with van der Waals surface area (Å²) in [5.74, 6) is 0.674. The van der Waals surface area contributed by atoms with E-state index in [9.17, 15) is 0 Å². The van der Waals surface area contributed by atoms with Crippen molar-refractivity contribution in [1.82, 2.24) is 10.3 Å². The van der Waals surface area contributed by atoms with Gasteiger partial charge >= 0.3 is 0 Å². The fourth-order valence-corrected chi connectivity index (χ4v) is 1.88. The molecule has 0 aliphatic carbocycles. The van der Waals surface area contributed by atoms with E-state index in [1.165, 1.54) is 11.3 Å². The lowest BCUT2D eigenvalue weighted by molar-refractivity contribution is 0.253. The predicted octanol–water partition coefficient (Wildman–Crippen LogP) is 2.54. The van der Waals surface area contributed by atoms with E-state index in [4.69, 9.17) is 5.73 Å². The van der Waals surface area contributed by atoms with Crippen LogP contribution in [0, 0.1) is 11.3 Å². The van der Waals surface area contributed by atoms with Crippen molar-refractivity contribution in [2.45, 2.75) is 34.1 Å². The Hall–Kier alpha value is -0.610. The van der Waals surface area contributed by atoms with Crippen LogP contribution in [0.15, 0.2) is 5.38 Å². The second-order valence-corrected chi connectivity index (χ2v) is 6.29. The molecule has 0 aliphatic heterocycles. The van der Waals surface area contributed by atoms with E-state index >= 15 is 0 Å². The molecule has 0 spiro atoms. The Balaban J connectivity index is 2.17. The lowest BCUT2D eigenvalue weighted by Crippen LogP contribution is -2.30. The minimum absolute atomic E-state index is 0.373. The zero-order valence-electron chi connectivity index (χ0n) is 10.7. The van der Waals surface area contributed by atoms with Gasteiger partial charge in [-0.05, 0) is 17.9 Å². The first-order valence-electron chi connectivity index (χ1n) is 5.80. The number of hydrogen-bond donors (Lipinski definition) is 2. The quantitative estimate of drug-likeness (QED) is 0.779. The van der Waals surface area contributed by atoms with E-state index in [1.807, 2.05) is 5.38 Å². The number of anilines is 1. The van der Waals surface area contributed by atoms with Gasteiger partial charge in [0.05, 0.1) is 5.69 Å². The third-order valence-corrected chi connectivity index (χ3v) is 3.78. The van der Waals surface area contributed by atoms with Crippen LogP contribution in [0.3, 0.4) is 0 Å². The Kier molecular flexibility index (Phi) is 4.74. The molecule has 0 aromatic carbocycles. The lowest BCUT2D eigenvalue weighted by Gasteiger charge is -2.27. The van der Waals surface area contributed by atoms with Crippen LogP contribution in [-0.4, -0.2) is 18.1 Å². The smallest absolute Gasteiger partial charge is 0.180 e. The summed E-state index contributed by atoms with van der Waals surface area (Å²) in [4.78, 5) is 4.23. The van der Waals surface area contributed by atoms with Gasteiger partial charge in [0.2, 0.25) is 0 Å². The summed E-state index contributed by atoms with van der Waals surface area (Å²) >= 11 is 1.51. The standard InChI is InChI=1S/C12H23N3S/c1-9(12(2,3)4)7-14-6-5-10-8-16-11(13)15-10/h8-9,14H,5-7H2,1-4H3,(H2,13,15). The molecule has 0 saturated carbocycles. The molecule has 16 heavy (non-hydrogen) atoms. The van der Waals surface area contributed by atoms with Crippen LogP contribution in [-0.2, 0) is 6.42 Å². The zero-order chi connectivity index (χ0) is 12.2. The average Bonchev–Trinajstić information content (AvgIpc) is 2.57. The highest BCUT2D eigenvalue weighted by Crippen LogP contribution is 2.24. The van der Waals surface area contributed by atoms with Crippen LogP contribution < -0.4 is 11.1 Å². The number of nitrogen functional groups attached to an aromatic ring is 1. The second-order valence-electron chi connectivity index (χ2n) is 5.40. The Labute approximate surface area is 102 Å². The maximum absolute atomic E-state index is 5.58. The minimum Gasteiger partial charge on any atom is -0.375 e. The molecule has 1 aromatic rings. The van der Waals surface area contributed by atoms with Crippen molar-refractivity contribution < 1.29 is 0 Å². The monoisotopic (exact) mass is 241 g/mol. The van der Waals surface area contributed by atoms with Gasteiger partial charge in [0.1, 0.15) is 0 Å². The predicted molar refractivity (Wildman–Crippen MR) is 71.7 cm³/mol. The van der Waals surface area contributed by atoms with E-state index in [0.717, 1.165) is 25.2 Å². The summed E-state index contributed by atoms with van der Waals surface area (Å²) in [7, 11) is 0. The SMILES string of the molecule is CC(CNCCc1csc(N)n1)C(C)(C)C. The second kappa shape index (κ2) is 5.64. The first-order chi connectivity index (χ1) is 7.39. The third kappa shape index (κ3) is 4.49. The topological polar surface area (TPSA) is 50.9 Å². The third-order valence-electron chi connectivity index (χ3n) is 3.06. The highest BCUT2D eigenvalue weighted by molar-refractivity contribution is 7.13. The molecule has 4 heteroatoms. The van der Waals surface area contributed by atoms with Gasteiger partial charge in [-0.25, -0.2) is 4.98 Å². The highest BCUT2D eigenvalue weighted by atomic mass is 32.1. The van der Waals surface area contributed by atoms with Crippen LogP contribution in [0.1, 0.15) is 33.4 Å². The molecule has 0 fully saturated rings. The molecule has 0 radical (unpaired) electrons. The number of hydrogen-bond acceptors (Lipinski definition) is 4. The van der Waals surface area contributed by atoms with Crippen molar-refractivity contribution in [3.05, 3.63) is 11.1 Å². The Morgan fingerprint density at radius 1 is 1.50 bits per heavy atom. The summed E-state index contributed by atoms with van der Waals surface area (Å²) in [6, 6.07) is 0. The number of aromatic nitrogens is 1. The van der Waals surface area contributed by atoms with Crippen molar-refractivity contribution in [2.24, 2.45) is 11.3 Å². The molecular formula is C12H23N3S.